The maximum Gasteiger partial charge on any atom is 0.408 e. The van der Waals surface area contributed by atoms with Crippen LogP contribution in [0.25, 0.3) is 0 Å². The summed E-state index contributed by atoms with van der Waals surface area (Å²) in [6, 6.07) is 4.61. The summed E-state index contributed by atoms with van der Waals surface area (Å²) in [6.07, 6.45) is 8.35. The Hall–Kier alpha value is -3.81. The number of nitrogens with two attached hydrogens (primary N) is 2. The van der Waals surface area contributed by atoms with E-state index in [0.29, 0.717) is 50.0 Å². The number of benzene rings is 1. The van der Waals surface area contributed by atoms with Crippen LogP contribution in [0.5, 0.6) is 0 Å². The maximum absolute atomic E-state index is 13.2. The second-order valence-corrected chi connectivity index (χ2v) is 13.5. The number of likely N-dealkylation sites (tertiary alicyclic amines) is 1. The van der Waals surface area contributed by atoms with Crippen molar-refractivity contribution >= 4 is 45.4 Å². The van der Waals surface area contributed by atoms with Crippen LogP contribution in [-0.2, 0) is 29.3 Å². The number of nitrogens with one attached hydrogen (secondary N) is 3. The molecule has 1 heterocycles. The van der Waals surface area contributed by atoms with Gasteiger partial charge in [0.15, 0.2) is 0 Å². The number of carbonyl (C=O) groups excluding carboxylic acids is 4. The molecule has 1 aliphatic heterocycles. The van der Waals surface area contributed by atoms with E-state index in [4.69, 9.17) is 16.2 Å². The smallest absolute Gasteiger partial charge is 0.408 e. The Morgan fingerprint density at radius 1 is 1.12 bits per heavy atom. The van der Waals surface area contributed by atoms with Gasteiger partial charge in [0.05, 0.1) is 5.69 Å². The summed E-state index contributed by atoms with van der Waals surface area (Å²) in [5.74, 6) is -1.87. The van der Waals surface area contributed by atoms with Crippen LogP contribution < -0.4 is 26.2 Å². The first kappa shape index (κ1) is 33.7. The second-order valence-electron chi connectivity index (χ2n) is 12.1. The lowest BCUT2D eigenvalue weighted by molar-refractivity contribution is -0.139. The Morgan fingerprint density at radius 2 is 1.81 bits per heavy atom. The van der Waals surface area contributed by atoms with Crippen LogP contribution in [0.3, 0.4) is 0 Å². The maximum atomic E-state index is 13.2. The fourth-order valence-electron chi connectivity index (χ4n) is 4.96. The van der Waals surface area contributed by atoms with Gasteiger partial charge in [0.2, 0.25) is 17.7 Å². The van der Waals surface area contributed by atoms with Crippen molar-refractivity contribution in [1.82, 2.24) is 14.9 Å². The van der Waals surface area contributed by atoms with Crippen LogP contribution in [-0.4, -0.2) is 61.4 Å². The molecule has 0 aromatic heterocycles. The molecule has 4 amide bonds. The lowest BCUT2D eigenvalue weighted by Crippen LogP contribution is -2.53. The SMILES string of the molecule is CC(C)(C)OC(=O)N[C@@H](CCCCC/C=C\[C@@H]1C[C@@H]1C(=O)NS(=O)(=O)Nc1ccc(N)cc1)C(=O)N1CCC[C@H]1C(N)=O. The van der Waals surface area contributed by atoms with Crippen LogP contribution in [0.15, 0.2) is 36.4 Å². The Labute approximate surface area is 253 Å². The number of rotatable bonds is 14. The number of nitrogens with zero attached hydrogens (tertiary/aromatic N) is 1. The van der Waals surface area contributed by atoms with Crippen molar-refractivity contribution in [3.8, 4) is 0 Å². The van der Waals surface area contributed by atoms with Gasteiger partial charge in [-0.3, -0.25) is 19.1 Å². The summed E-state index contributed by atoms with van der Waals surface area (Å²) in [5, 5.41) is 2.67. The highest BCUT2D eigenvalue weighted by atomic mass is 32.2. The molecule has 0 unspecified atom stereocenters. The molecule has 0 radical (unpaired) electrons. The first-order valence-electron chi connectivity index (χ1n) is 14.6. The third-order valence-corrected chi connectivity index (χ3v) is 8.15. The van der Waals surface area contributed by atoms with E-state index in [0.717, 1.165) is 19.3 Å². The van der Waals surface area contributed by atoms with E-state index >= 15 is 0 Å². The van der Waals surface area contributed by atoms with Crippen LogP contribution >= 0.6 is 0 Å². The number of anilines is 2. The van der Waals surface area contributed by atoms with Gasteiger partial charge in [-0.15, -0.1) is 0 Å². The summed E-state index contributed by atoms with van der Waals surface area (Å²) in [5.41, 5.74) is 11.1. The summed E-state index contributed by atoms with van der Waals surface area (Å²) >= 11 is 0. The molecule has 43 heavy (non-hydrogen) atoms. The molecular weight excluding hydrogens is 576 g/mol. The monoisotopic (exact) mass is 620 g/mol. The van der Waals surface area contributed by atoms with E-state index in [1.54, 1.807) is 32.9 Å². The first-order valence-corrected chi connectivity index (χ1v) is 16.1. The molecule has 7 N–H and O–H groups in total. The molecule has 3 rings (SSSR count). The molecule has 1 aromatic rings. The lowest BCUT2D eigenvalue weighted by atomic mass is 10.0. The molecule has 1 saturated heterocycles. The van der Waals surface area contributed by atoms with Crippen molar-refractivity contribution in [3.63, 3.8) is 0 Å². The van der Waals surface area contributed by atoms with Gasteiger partial charge in [0.25, 0.3) is 0 Å². The van der Waals surface area contributed by atoms with E-state index < -0.39 is 51.7 Å². The minimum absolute atomic E-state index is 0.0228. The average Bonchev–Trinajstić information content (AvgIpc) is 3.50. The van der Waals surface area contributed by atoms with Crippen molar-refractivity contribution in [2.24, 2.45) is 17.6 Å². The zero-order chi connectivity index (χ0) is 31.8. The lowest BCUT2D eigenvalue weighted by Gasteiger charge is -2.28. The number of hydrogen-bond donors (Lipinski definition) is 5. The van der Waals surface area contributed by atoms with E-state index in [9.17, 15) is 27.6 Å². The minimum atomic E-state index is -4.05. The van der Waals surface area contributed by atoms with E-state index in [1.807, 2.05) is 12.2 Å². The highest BCUT2D eigenvalue weighted by Crippen LogP contribution is 2.40. The molecule has 14 heteroatoms. The summed E-state index contributed by atoms with van der Waals surface area (Å²) in [6.45, 7) is 5.62. The normalized spacial score (nSPS) is 20.8. The average molecular weight is 621 g/mol. The number of allylic oxidation sites excluding steroid dienone is 2. The van der Waals surface area contributed by atoms with Gasteiger partial charge in [0.1, 0.15) is 17.7 Å². The highest BCUT2D eigenvalue weighted by Gasteiger charge is 2.42. The van der Waals surface area contributed by atoms with Gasteiger partial charge in [-0.05, 0) is 89.5 Å². The summed E-state index contributed by atoms with van der Waals surface area (Å²) in [7, 11) is -4.05. The number of alkyl carbamates (subject to hydrolysis) is 1. The van der Waals surface area contributed by atoms with Crippen LogP contribution in [0, 0.1) is 11.8 Å². The standard InChI is InChI=1S/C29H44N6O7S/c1-29(2,3)42-28(39)32-23(27(38)35-17-9-12-24(35)25(31)36)11-8-6-4-5-7-10-19-18-22(19)26(37)34-43(40,41)33-21-15-13-20(30)14-16-21/h7,10,13-16,19,22-24,33H,4-6,8-9,11-12,17-18,30H2,1-3H3,(H2,31,36)(H,32,39)(H,34,37)/b10-7-/t19-,22+,23+,24+/m1/s1. The molecule has 1 saturated carbocycles. The van der Waals surface area contributed by atoms with Crippen LogP contribution in [0.2, 0.25) is 0 Å². The molecule has 13 nitrogen and oxygen atoms in total. The fourth-order valence-corrected chi connectivity index (χ4v) is 5.87. The molecule has 2 fully saturated rings. The van der Waals surface area contributed by atoms with Gasteiger partial charge in [0, 0.05) is 18.2 Å². The molecule has 238 valence electrons. The van der Waals surface area contributed by atoms with Crippen LogP contribution in [0.4, 0.5) is 16.2 Å². The van der Waals surface area contributed by atoms with Gasteiger partial charge in [-0.2, -0.15) is 8.42 Å². The molecule has 0 spiro atoms. The number of primary amides is 1. The largest absolute Gasteiger partial charge is 0.444 e. The minimum Gasteiger partial charge on any atom is -0.444 e. The van der Waals surface area contributed by atoms with Crippen molar-refractivity contribution in [1.29, 1.82) is 0 Å². The first-order chi connectivity index (χ1) is 20.1. The zero-order valence-electron chi connectivity index (χ0n) is 25.0. The summed E-state index contributed by atoms with van der Waals surface area (Å²) < 4.78 is 34.2. The predicted molar refractivity (Wildman–Crippen MR) is 162 cm³/mol. The predicted octanol–water partition coefficient (Wildman–Crippen LogP) is 2.55. The van der Waals surface area contributed by atoms with Gasteiger partial charge in [-0.25, -0.2) is 9.52 Å². The van der Waals surface area contributed by atoms with Crippen molar-refractivity contribution in [3.05, 3.63) is 36.4 Å². The molecule has 2 aliphatic rings. The number of hydrogen-bond acceptors (Lipinski definition) is 8. The second kappa shape index (κ2) is 14.6. The van der Waals surface area contributed by atoms with Gasteiger partial charge in [-0.1, -0.05) is 25.0 Å². The topological polar surface area (TPSA) is 203 Å². The Bertz CT molecular complexity index is 1290. The quantitative estimate of drug-likeness (QED) is 0.118. The van der Waals surface area contributed by atoms with E-state index in [1.165, 1.54) is 17.0 Å². The summed E-state index contributed by atoms with van der Waals surface area (Å²) in [4.78, 5) is 51.3. The molecule has 1 aromatic carbocycles. The molecule has 4 atom stereocenters. The zero-order valence-corrected chi connectivity index (χ0v) is 25.8. The van der Waals surface area contributed by atoms with Crippen LogP contribution in [0.1, 0.15) is 72.1 Å². The number of ether oxygens (including phenoxy) is 1. The van der Waals surface area contributed by atoms with E-state index in [2.05, 4.69) is 14.8 Å². The third kappa shape index (κ3) is 11.1. The Kier molecular flexibility index (Phi) is 11.4. The number of unbranched alkanes of at least 4 members (excludes halogenated alkanes) is 3. The van der Waals surface area contributed by atoms with Crippen molar-refractivity contribution in [2.75, 3.05) is 17.0 Å². The number of amides is 4. The molecule has 1 aliphatic carbocycles. The molecular formula is C29H44N6O7S. The van der Waals surface area contributed by atoms with Crippen molar-refractivity contribution in [2.45, 2.75) is 89.8 Å². The Morgan fingerprint density at radius 3 is 2.47 bits per heavy atom. The van der Waals surface area contributed by atoms with Gasteiger partial charge < -0.3 is 26.4 Å². The fraction of sp³-hybridized carbons (Fsp3) is 0.586. The van der Waals surface area contributed by atoms with Gasteiger partial charge >= 0.3 is 16.3 Å². The van der Waals surface area contributed by atoms with E-state index in [-0.39, 0.29) is 11.8 Å². The number of nitrogen functional groups attached to an aromatic ring is 1. The molecule has 0 bridgehead atoms. The third-order valence-electron chi connectivity index (χ3n) is 7.17. The number of carbonyl (C=O) groups is 4. The Balaban J connectivity index is 1.40. The highest BCUT2D eigenvalue weighted by molar-refractivity contribution is 7.91. The van der Waals surface area contributed by atoms with Crippen molar-refractivity contribution < 1.29 is 32.3 Å².